The summed E-state index contributed by atoms with van der Waals surface area (Å²) < 4.78 is 0. The van der Waals surface area contributed by atoms with Crippen LogP contribution in [0.15, 0.2) is 24.3 Å². The highest BCUT2D eigenvalue weighted by atomic mass is 32.1. The largest absolute Gasteiger partial charge is 0.508 e. The Bertz CT molecular complexity index is 651. The number of phenols is 1. The Morgan fingerprint density at radius 1 is 1.07 bits per heavy atom. The van der Waals surface area contributed by atoms with Crippen molar-refractivity contribution in [3.05, 3.63) is 29.8 Å². The van der Waals surface area contributed by atoms with Gasteiger partial charge in [-0.25, -0.2) is 4.79 Å². The van der Waals surface area contributed by atoms with E-state index in [4.69, 9.17) is 5.73 Å². The molecule has 9 heteroatoms. The summed E-state index contributed by atoms with van der Waals surface area (Å²) in [7, 11) is 0. The Hall–Kier alpha value is -2.26. The molecule has 27 heavy (non-hydrogen) atoms. The number of thiol groups is 1. The molecular weight excluding hydrogens is 370 g/mol. The van der Waals surface area contributed by atoms with Crippen molar-refractivity contribution in [2.45, 2.75) is 44.8 Å². The van der Waals surface area contributed by atoms with Gasteiger partial charge in [-0.1, -0.05) is 26.0 Å². The van der Waals surface area contributed by atoms with Crippen LogP contribution in [-0.4, -0.2) is 51.9 Å². The summed E-state index contributed by atoms with van der Waals surface area (Å²) in [5, 5.41) is 23.7. The monoisotopic (exact) mass is 397 g/mol. The van der Waals surface area contributed by atoms with E-state index in [2.05, 4.69) is 23.3 Å². The first-order valence-electron chi connectivity index (χ1n) is 8.62. The Labute approximate surface area is 163 Å². The normalized spacial score (nSPS) is 14.3. The molecule has 1 aromatic carbocycles. The molecular formula is C18H27N3O5S. The van der Waals surface area contributed by atoms with Crippen molar-refractivity contribution in [2.75, 3.05) is 5.75 Å². The summed E-state index contributed by atoms with van der Waals surface area (Å²) >= 11 is 3.97. The molecule has 0 saturated heterocycles. The van der Waals surface area contributed by atoms with Crippen LogP contribution in [0.1, 0.15) is 25.8 Å². The molecule has 150 valence electrons. The second-order valence-corrected chi connectivity index (χ2v) is 7.11. The van der Waals surface area contributed by atoms with Crippen LogP contribution in [0.25, 0.3) is 0 Å². The van der Waals surface area contributed by atoms with Gasteiger partial charge in [0.25, 0.3) is 0 Å². The lowest BCUT2D eigenvalue weighted by molar-refractivity contribution is -0.142. The van der Waals surface area contributed by atoms with Crippen LogP contribution in [0, 0.1) is 5.92 Å². The van der Waals surface area contributed by atoms with Gasteiger partial charge in [-0.2, -0.15) is 12.6 Å². The van der Waals surface area contributed by atoms with E-state index in [-0.39, 0.29) is 30.3 Å². The number of nitrogens with one attached hydrogen (secondary N) is 2. The van der Waals surface area contributed by atoms with Crippen molar-refractivity contribution >= 4 is 30.4 Å². The number of carbonyl (C=O) groups is 3. The third-order valence-electron chi connectivity index (χ3n) is 3.86. The summed E-state index contributed by atoms with van der Waals surface area (Å²) in [6.07, 6.45) is 0.377. The van der Waals surface area contributed by atoms with Gasteiger partial charge in [0.1, 0.15) is 17.8 Å². The fourth-order valence-electron chi connectivity index (χ4n) is 2.40. The quantitative estimate of drug-likeness (QED) is 0.314. The molecule has 0 radical (unpaired) electrons. The molecule has 6 N–H and O–H groups in total. The number of amides is 2. The first kappa shape index (κ1) is 22.8. The van der Waals surface area contributed by atoms with E-state index < -0.39 is 35.9 Å². The van der Waals surface area contributed by atoms with Crippen molar-refractivity contribution in [3.63, 3.8) is 0 Å². The van der Waals surface area contributed by atoms with Gasteiger partial charge in [0, 0.05) is 12.2 Å². The number of aromatic hydroxyl groups is 1. The Morgan fingerprint density at radius 3 is 2.11 bits per heavy atom. The van der Waals surface area contributed by atoms with Gasteiger partial charge in [0.15, 0.2) is 0 Å². The summed E-state index contributed by atoms with van der Waals surface area (Å²) in [6.45, 7) is 3.70. The van der Waals surface area contributed by atoms with E-state index in [0.29, 0.717) is 5.56 Å². The molecule has 0 aliphatic carbocycles. The van der Waals surface area contributed by atoms with Crippen LogP contribution in [0.3, 0.4) is 0 Å². The van der Waals surface area contributed by atoms with E-state index >= 15 is 0 Å². The molecule has 1 aromatic rings. The number of phenolic OH excluding ortho intramolecular Hbond substituents is 1. The number of hydrogen-bond donors (Lipinski definition) is 6. The Morgan fingerprint density at radius 2 is 1.63 bits per heavy atom. The number of benzene rings is 1. The highest BCUT2D eigenvalue weighted by molar-refractivity contribution is 7.80. The van der Waals surface area contributed by atoms with Crippen molar-refractivity contribution in [3.8, 4) is 5.75 Å². The molecule has 2 amide bonds. The SMILES string of the molecule is CC(C)C[C@H](NC(=O)[C@H](Cc1ccc(O)cc1)NC(=O)[C@@H](N)CS)C(=O)O. The van der Waals surface area contributed by atoms with E-state index in [1.807, 2.05) is 13.8 Å². The van der Waals surface area contributed by atoms with E-state index in [0.717, 1.165) is 0 Å². The molecule has 0 fully saturated rings. The molecule has 0 aromatic heterocycles. The van der Waals surface area contributed by atoms with Crippen molar-refractivity contribution < 1.29 is 24.6 Å². The first-order chi connectivity index (χ1) is 12.6. The third kappa shape index (κ3) is 7.88. The summed E-state index contributed by atoms with van der Waals surface area (Å²) in [5.41, 5.74) is 6.33. The van der Waals surface area contributed by atoms with Gasteiger partial charge >= 0.3 is 5.97 Å². The number of rotatable bonds is 10. The predicted molar refractivity (Wildman–Crippen MR) is 105 cm³/mol. The number of carboxylic acid groups (broad SMARTS) is 1. The number of aliphatic carboxylic acids is 1. The minimum atomic E-state index is -1.14. The van der Waals surface area contributed by atoms with Crippen molar-refractivity contribution in [1.29, 1.82) is 0 Å². The zero-order valence-corrected chi connectivity index (χ0v) is 16.3. The van der Waals surface area contributed by atoms with Crippen LogP contribution >= 0.6 is 12.6 Å². The third-order valence-corrected chi connectivity index (χ3v) is 4.26. The number of nitrogens with two attached hydrogens (primary N) is 1. The van der Waals surface area contributed by atoms with Gasteiger partial charge in [-0.3, -0.25) is 9.59 Å². The highest BCUT2D eigenvalue weighted by Crippen LogP contribution is 2.12. The second kappa shape index (κ2) is 10.8. The van der Waals surface area contributed by atoms with Gasteiger partial charge < -0.3 is 26.6 Å². The van der Waals surface area contributed by atoms with E-state index in [9.17, 15) is 24.6 Å². The van der Waals surface area contributed by atoms with Crippen LogP contribution in [0.4, 0.5) is 0 Å². The van der Waals surface area contributed by atoms with Gasteiger partial charge in [0.2, 0.25) is 11.8 Å². The molecule has 0 heterocycles. The maximum Gasteiger partial charge on any atom is 0.326 e. The number of carboxylic acids is 1. The minimum absolute atomic E-state index is 0.0640. The second-order valence-electron chi connectivity index (χ2n) is 6.75. The summed E-state index contributed by atoms with van der Waals surface area (Å²) in [6, 6.07) is 3.19. The zero-order chi connectivity index (χ0) is 20.6. The zero-order valence-electron chi connectivity index (χ0n) is 15.4. The van der Waals surface area contributed by atoms with Crippen LogP contribution in [0.2, 0.25) is 0 Å². The lowest BCUT2D eigenvalue weighted by Crippen LogP contribution is -2.55. The molecule has 0 bridgehead atoms. The highest BCUT2D eigenvalue weighted by Gasteiger charge is 2.28. The van der Waals surface area contributed by atoms with Crippen molar-refractivity contribution in [1.82, 2.24) is 10.6 Å². The fourth-order valence-corrected chi connectivity index (χ4v) is 2.57. The van der Waals surface area contributed by atoms with Crippen molar-refractivity contribution in [2.24, 2.45) is 11.7 Å². The van der Waals surface area contributed by atoms with Crippen LogP contribution in [0.5, 0.6) is 5.75 Å². The maximum absolute atomic E-state index is 12.7. The Kier molecular flexibility index (Phi) is 9.10. The maximum atomic E-state index is 12.7. The number of hydrogen-bond acceptors (Lipinski definition) is 6. The van der Waals surface area contributed by atoms with Crippen LogP contribution in [-0.2, 0) is 20.8 Å². The molecule has 3 atom stereocenters. The van der Waals surface area contributed by atoms with Crippen LogP contribution < -0.4 is 16.4 Å². The minimum Gasteiger partial charge on any atom is -0.508 e. The Balaban J connectivity index is 2.96. The van der Waals surface area contributed by atoms with E-state index in [1.54, 1.807) is 12.1 Å². The average molecular weight is 397 g/mol. The molecule has 0 aliphatic heterocycles. The van der Waals surface area contributed by atoms with Gasteiger partial charge in [0.05, 0.1) is 6.04 Å². The topological polar surface area (TPSA) is 142 Å². The lowest BCUT2D eigenvalue weighted by Gasteiger charge is -2.23. The standard InChI is InChI=1S/C18H27N3O5S/c1-10(2)7-15(18(25)26)21-17(24)14(20-16(23)13(19)9-27)8-11-3-5-12(22)6-4-11/h3-6,10,13-15,22,27H,7-9,19H2,1-2H3,(H,20,23)(H,21,24)(H,25,26)/t13-,14-,15-/m0/s1. The molecule has 0 unspecified atom stereocenters. The molecule has 8 nitrogen and oxygen atoms in total. The smallest absolute Gasteiger partial charge is 0.326 e. The number of carbonyl (C=O) groups excluding carboxylic acids is 2. The molecule has 0 spiro atoms. The average Bonchev–Trinajstić information content (AvgIpc) is 2.60. The molecule has 0 saturated carbocycles. The summed E-state index contributed by atoms with van der Waals surface area (Å²) in [4.78, 5) is 36.2. The summed E-state index contributed by atoms with van der Waals surface area (Å²) in [5.74, 6) is -2.07. The fraction of sp³-hybridized carbons (Fsp3) is 0.500. The molecule has 1 rings (SSSR count). The van der Waals surface area contributed by atoms with Gasteiger partial charge in [-0.05, 0) is 30.0 Å². The molecule has 0 aliphatic rings. The van der Waals surface area contributed by atoms with Gasteiger partial charge in [-0.15, -0.1) is 0 Å². The first-order valence-corrected chi connectivity index (χ1v) is 9.25. The predicted octanol–water partition coefficient (Wildman–Crippen LogP) is 0.292. The lowest BCUT2D eigenvalue weighted by atomic mass is 10.0. The van der Waals surface area contributed by atoms with E-state index in [1.165, 1.54) is 12.1 Å².